The predicted octanol–water partition coefficient (Wildman–Crippen LogP) is 2.33. The second-order valence-electron chi connectivity index (χ2n) is 5.98. The van der Waals surface area contributed by atoms with Crippen LogP contribution in [-0.2, 0) is 0 Å². The van der Waals surface area contributed by atoms with E-state index in [1.165, 1.54) is 12.1 Å². The fourth-order valence-electron chi connectivity index (χ4n) is 2.42. The standard InChI is InChI=1S/C20H18N6O3/c21-18(22)11-3-1-5-14(7-11)28-16-9-13(20(25)27)10-17(26-16)29-15-6-2-4-12(8-15)19(23)24/h1-10H,(H3,21,22)(H3,23,24)(H2,25,27). The van der Waals surface area contributed by atoms with E-state index in [1.54, 1.807) is 48.5 Å². The highest BCUT2D eigenvalue weighted by Crippen LogP contribution is 2.27. The van der Waals surface area contributed by atoms with Gasteiger partial charge in [-0.1, -0.05) is 24.3 Å². The molecule has 0 bridgehead atoms. The molecule has 0 atom stereocenters. The van der Waals surface area contributed by atoms with E-state index in [0.29, 0.717) is 22.6 Å². The van der Waals surface area contributed by atoms with Crippen LogP contribution in [0, 0.1) is 10.8 Å². The zero-order chi connectivity index (χ0) is 21.0. The summed E-state index contributed by atoms with van der Waals surface area (Å²) < 4.78 is 11.4. The summed E-state index contributed by atoms with van der Waals surface area (Å²) in [6.45, 7) is 0. The number of nitrogens with one attached hydrogen (secondary N) is 2. The highest BCUT2D eigenvalue weighted by molar-refractivity contribution is 5.96. The fraction of sp³-hybridized carbons (Fsp3) is 0. The van der Waals surface area contributed by atoms with Crippen LogP contribution in [0.4, 0.5) is 0 Å². The van der Waals surface area contributed by atoms with E-state index in [0.717, 1.165) is 0 Å². The SMILES string of the molecule is N=C(N)c1cccc(Oc2cc(C(N)=O)cc(Oc3cccc(C(=N)N)c3)n2)c1. The number of nitrogens with two attached hydrogens (primary N) is 3. The summed E-state index contributed by atoms with van der Waals surface area (Å²) in [7, 11) is 0. The van der Waals surface area contributed by atoms with Crippen molar-refractivity contribution in [2.24, 2.45) is 17.2 Å². The number of primary amides is 1. The van der Waals surface area contributed by atoms with Crippen molar-refractivity contribution in [2.45, 2.75) is 0 Å². The number of aromatic nitrogens is 1. The van der Waals surface area contributed by atoms with Crippen LogP contribution >= 0.6 is 0 Å². The summed E-state index contributed by atoms with van der Waals surface area (Å²) in [6, 6.07) is 15.9. The summed E-state index contributed by atoms with van der Waals surface area (Å²) in [6.07, 6.45) is 0. The first-order valence-corrected chi connectivity index (χ1v) is 8.38. The molecule has 8 N–H and O–H groups in total. The monoisotopic (exact) mass is 390 g/mol. The molecule has 0 radical (unpaired) electrons. The molecule has 0 unspecified atom stereocenters. The van der Waals surface area contributed by atoms with Gasteiger partial charge < -0.3 is 26.7 Å². The molecule has 1 aromatic heterocycles. The second kappa shape index (κ2) is 8.09. The number of amidine groups is 2. The lowest BCUT2D eigenvalue weighted by Crippen LogP contribution is -2.12. The largest absolute Gasteiger partial charge is 0.439 e. The van der Waals surface area contributed by atoms with Crippen molar-refractivity contribution in [2.75, 3.05) is 0 Å². The third kappa shape index (κ3) is 4.86. The molecular formula is C20H18N6O3. The van der Waals surface area contributed by atoms with Crippen LogP contribution in [0.25, 0.3) is 0 Å². The molecule has 0 aliphatic carbocycles. The van der Waals surface area contributed by atoms with Crippen molar-refractivity contribution in [3.63, 3.8) is 0 Å². The Morgan fingerprint density at radius 1 is 0.724 bits per heavy atom. The molecule has 1 heterocycles. The zero-order valence-corrected chi connectivity index (χ0v) is 15.2. The lowest BCUT2D eigenvalue weighted by Gasteiger charge is -2.11. The normalized spacial score (nSPS) is 10.2. The molecule has 29 heavy (non-hydrogen) atoms. The number of nitrogens with zero attached hydrogens (tertiary/aromatic N) is 1. The maximum atomic E-state index is 11.7. The molecule has 1 amide bonds. The molecule has 3 rings (SSSR count). The maximum absolute atomic E-state index is 11.7. The first-order chi connectivity index (χ1) is 13.8. The number of rotatable bonds is 7. The quantitative estimate of drug-likeness (QED) is 0.305. The summed E-state index contributed by atoms with van der Waals surface area (Å²) in [4.78, 5) is 15.9. The van der Waals surface area contributed by atoms with Crippen molar-refractivity contribution in [1.29, 1.82) is 10.8 Å². The smallest absolute Gasteiger partial charge is 0.249 e. The van der Waals surface area contributed by atoms with Gasteiger partial charge in [0.15, 0.2) is 0 Å². The highest BCUT2D eigenvalue weighted by Gasteiger charge is 2.12. The van der Waals surface area contributed by atoms with Crippen LogP contribution in [0.5, 0.6) is 23.3 Å². The number of pyridine rings is 1. The summed E-state index contributed by atoms with van der Waals surface area (Å²) in [5.74, 6) is -0.0171. The minimum atomic E-state index is -0.683. The molecule has 0 saturated heterocycles. The number of carbonyl (C=O) groups excluding carboxylic acids is 1. The minimum absolute atomic E-state index is 0.0692. The van der Waals surface area contributed by atoms with Gasteiger partial charge >= 0.3 is 0 Å². The van der Waals surface area contributed by atoms with E-state index < -0.39 is 5.91 Å². The van der Waals surface area contributed by atoms with Gasteiger partial charge in [0.1, 0.15) is 23.2 Å². The minimum Gasteiger partial charge on any atom is -0.439 e. The van der Waals surface area contributed by atoms with Gasteiger partial charge in [0.2, 0.25) is 17.7 Å². The molecule has 9 nitrogen and oxygen atoms in total. The third-order valence-corrected chi connectivity index (χ3v) is 3.80. The van der Waals surface area contributed by atoms with Crippen molar-refractivity contribution < 1.29 is 14.3 Å². The summed E-state index contributed by atoms with van der Waals surface area (Å²) in [5, 5.41) is 15.0. The molecule has 146 valence electrons. The van der Waals surface area contributed by atoms with Gasteiger partial charge in [-0.2, -0.15) is 4.98 Å². The van der Waals surface area contributed by atoms with E-state index in [9.17, 15) is 4.79 Å². The van der Waals surface area contributed by atoms with Crippen LogP contribution in [-0.4, -0.2) is 22.6 Å². The molecule has 0 saturated carbocycles. The number of amides is 1. The van der Waals surface area contributed by atoms with E-state index in [-0.39, 0.29) is 29.0 Å². The van der Waals surface area contributed by atoms with Crippen LogP contribution in [0.15, 0.2) is 60.7 Å². The molecule has 0 fully saturated rings. The topological polar surface area (TPSA) is 174 Å². The average Bonchev–Trinajstić information content (AvgIpc) is 2.68. The van der Waals surface area contributed by atoms with Gasteiger partial charge in [0.05, 0.1) is 0 Å². The molecular weight excluding hydrogens is 372 g/mol. The Hall–Kier alpha value is -4.40. The maximum Gasteiger partial charge on any atom is 0.249 e. The van der Waals surface area contributed by atoms with Gasteiger partial charge in [-0.3, -0.25) is 15.6 Å². The fourth-order valence-corrected chi connectivity index (χ4v) is 2.42. The number of hydrogen-bond acceptors (Lipinski definition) is 6. The second-order valence-corrected chi connectivity index (χ2v) is 5.98. The van der Waals surface area contributed by atoms with Crippen LogP contribution < -0.4 is 26.7 Å². The van der Waals surface area contributed by atoms with Crippen molar-refractivity contribution in [3.05, 3.63) is 77.4 Å². The van der Waals surface area contributed by atoms with Crippen LogP contribution in [0.2, 0.25) is 0 Å². The molecule has 3 aromatic rings. The first-order valence-electron chi connectivity index (χ1n) is 8.38. The number of carbonyl (C=O) groups is 1. The van der Waals surface area contributed by atoms with Crippen LogP contribution in [0.1, 0.15) is 21.5 Å². The van der Waals surface area contributed by atoms with Gasteiger partial charge in [-0.15, -0.1) is 0 Å². The van der Waals surface area contributed by atoms with Crippen molar-refractivity contribution >= 4 is 17.6 Å². The van der Waals surface area contributed by atoms with Gasteiger partial charge in [0, 0.05) is 28.8 Å². The van der Waals surface area contributed by atoms with Crippen LogP contribution in [0.3, 0.4) is 0 Å². The number of hydrogen-bond donors (Lipinski definition) is 5. The van der Waals surface area contributed by atoms with E-state index in [1.807, 2.05) is 0 Å². The predicted molar refractivity (Wildman–Crippen MR) is 108 cm³/mol. The molecule has 0 aliphatic heterocycles. The Balaban J connectivity index is 1.93. The van der Waals surface area contributed by atoms with Gasteiger partial charge in [-0.25, -0.2) is 0 Å². The van der Waals surface area contributed by atoms with Gasteiger partial charge in [0.25, 0.3) is 0 Å². The Morgan fingerprint density at radius 2 is 1.17 bits per heavy atom. The number of ether oxygens (including phenoxy) is 2. The molecule has 2 aromatic carbocycles. The van der Waals surface area contributed by atoms with E-state index in [2.05, 4.69) is 4.98 Å². The number of nitrogen functional groups attached to an aromatic ring is 2. The first kappa shape index (κ1) is 19.4. The van der Waals surface area contributed by atoms with Crippen molar-refractivity contribution in [3.8, 4) is 23.3 Å². The Morgan fingerprint density at radius 3 is 1.55 bits per heavy atom. The lowest BCUT2D eigenvalue weighted by molar-refractivity contribution is 0.0999. The van der Waals surface area contributed by atoms with E-state index in [4.69, 9.17) is 37.5 Å². The third-order valence-electron chi connectivity index (χ3n) is 3.80. The van der Waals surface area contributed by atoms with E-state index >= 15 is 0 Å². The summed E-state index contributed by atoms with van der Waals surface area (Å²) in [5.41, 5.74) is 17.5. The average molecular weight is 390 g/mol. The Kier molecular flexibility index (Phi) is 5.40. The molecule has 9 heteroatoms. The molecule has 0 spiro atoms. The highest BCUT2D eigenvalue weighted by atomic mass is 16.5. The summed E-state index contributed by atoms with van der Waals surface area (Å²) >= 11 is 0. The lowest BCUT2D eigenvalue weighted by atomic mass is 10.2. The van der Waals surface area contributed by atoms with Gasteiger partial charge in [-0.05, 0) is 24.3 Å². The zero-order valence-electron chi connectivity index (χ0n) is 15.2. The molecule has 0 aliphatic rings. The Labute approximate surface area is 166 Å². The number of benzene rings is 2. The van der Waals surface area contributed by atoms with Crippen molar-refractivity contribution in [1.82, 2.24) is 4.98 Å². The Bertz CT molecular complexity index is 1040.